The molecule has 0 radical (unpaired) electrons. The Bertz CT molecular complexity index is 966. The summed E-state index contributed by atoms with van der Waals surface area (Å²) < 4.78 is 58.6. The molecule has 0 unspecified atom stereocenters. The molecule has 0 aromatic heterocycles. The number of benzene rings is 1. The molecule has 1 aromatic rings. The minimum atomic E-state index is -4.52. The van der Waals surface area contributed by atoms with Gasteiger partial charge >= 0.3 is 12.1 Å². The van der Waals surface area contributed by atoms with Crippen LogP contribution in [-0.4, -0.2) is 47.6 Å². The fourth-order valence-corrected chi connectivity index (χ4v) is 5.52. The fourth-order valence-electron chi connectivity index (χ4n) is 5.52. The molecule has 0 spiro atoms. The maximum atomic E-state index is 13.6. The zero-order chi connectivity index (χ0) is 24.6. The van der Waals surface area contributed by atoms with Gasteiger partial charge in [0.1, 0.15) is 18.8 Å². The van der Waals surface area contributed by atoms with Crippen LogP contribution in [-0.2, 0) is 27.1 Å². The number of carbonyl (C=O) groups excluding carboxylic acids is 2. The number of nitrogens with zero attached hydrogens (tertiary/aromatic N) is 2. The number of nitriles is 1. The van der Waals surface area contributed by atoms with Gasteiger partial charge in [0.05, 0.1) is 30.1 Å². The number of fused-ring (bicyclic) bond motifs is 3. The van der Waals surface area contributed by atoms with Crippen LogP contribution in [0.15, 0.2) is 24.3 Å². The van der Waals surface area contributed by atoms with Crippen LogP contribution < -0.4 is 5.32 Å². The van der Waals surface area contributed by atoms with E-state index in [1.807, 2.05) is 6.07 Å². The quantitative estimate of drug-likeness (QED) is 0.493. The average molecular weight is 481 g/mol. The van der Waals surface area contributed by atoms with E-state index in [0.29, 0.717) is 38.5 Å². The maximum absolute atomic E-state index is 13.6. The standard InChI is InChI=1S/C24H27F4N3O3/c25-17-11-18(12-29)31(14-17)20(32)13-30-23-8-5-22(6-9-23,7-10-23)21(33)34-15-16-3-1-2-4-19(16)24(26,27)28/h1-4,17-18,30H,5-11,13-15H2/t17-,18-,22?,23?/m0/s1. The number of hydrogen-bond donors (Lipinski definition) is 1. The topological polar surface area (TPSA) is 82.4 Å². The zero-order valence-corrected chi connectivity index (χ0v) is 18.7. The van der Waals surface area contributed by atoms with E-state index in [-0.39, 0.29) is 36.5 Å². The summed E-state index contributed by atoms with van der Waals surface area (Å²) in [6.45, 7) is -0.506. The van der Waals surface area contributed by atoms with Gasteiger partial charge in [-0.3, -0.25) is 9.59 Å². The van der Waals surface area contributed by atoms with Crippen LogP contribution in [0.2, 0.25) is 0 Å². The number of alkyl halides is 4. The molecule has 1 saturated heterocycles. The monoisotopic (exact) mass is 481 g/mol. The van der Waals surface area contributed by atoms with Gasteiger partial charge in [-0.25, -0.2) is 4.39 Å². The van der Waals surface area contributed by atoms with E-state index >= 15 is 0 Å². The summed E-state index contributed by atoms with van der Waals surface area (Å²) in [7, 11) is 0. The van der Waals surface area contributed by atoms with Crippen LogP contribution in [0.4, 0.5) is 17.6 Å². The van der Waals surface area contributed by atoms with E-state index < -0.39 is 41.9 Å². The molecule has 1 aromatic carbocycles. The lowest BCUT2D eigenvalue weighted by molar-refractivity contribution is -0.166. The van der Waals surface area contributed by atoms with Gasteiger partial charge in [-0.1, -0.05) is 18.2 Å². The Balaban J connectivity index is 1.31. The second kappa shape index (κ2) is 9.17. The largest absolute Gasteiger partial charge is 0.460 e. The highest BCUT2D eigenvalue weighted by atomic mass is 19.4. The lowest BCUT2D eigenvalue weighted by Crippen LogP contribution is -2.58. The number of rotatable bonds is 6. The molecule has 5 rings (SSSR count). The SMILES string of the molecule is N#C[C@@H]1C[C@H](F)CN1C(=O)CNC12CCC(C(=O)OCc3ccccc3C(F)(F)F)(CC1)CC2. The molecule has 2 bridgehead atoms. The normalized spacial score (nSPS) is 30.7. The van der Waals surface area contributed by atoms with Gasteiger partial charge in [-0.2, -0.15) is 18.4 Å². The maximum Gasteiger partial charge on any atom is 0.416 e. The highest BCUT2D eigenvalue weighted by Crippen LogP contribution is 2.53. The van der Waals surface area contributed by atoms with Crippen molar-refractivity contribution in [2.24, 2.45) is 5.41 Å². The lowest BCUT2D eigenvalue weighted by Gasteiger charge is -2.52. The van der Waals surface area contributed by atoms with Gasteiger partial charge < -0.3 is 15.0 Å². The van der Waals surface area contributed by atoms with Crippen molar-refractivity contribution >= 4 is 11.9 Å². The van der Waals surface area contributed by atoms with Crippen molar-refractivity contribution in [1.82, 2.24) is 10.2 Å². The number of esters is 1. The smallest absolute Gasteiger partial charge is 0.416 e. The second-order valence-corrected chi connectivity index (χ2v) is 9.67. The number of hydrogen-bond acceptors (Lipinski definition) is 5. The third-order valence-corrected chi connectivity index (χ3v) is 7.69. The molecule has 1 aliphatic heterocycles. The van der Waals surface area contributed by atoms with Crippen LogP contribution in [0.5, 0.6) is 0 Å². The van der Waals surface area contributed by atoms with Crippen molar-refractivity contribution in [1.29, 1.82) is 5.26 Å². The van der Waals surface area contributed by atoms with Gasteiger partial charge in [0.2, 0.25) is 5.91 Å². The number of halogens is 4. The molecule has 3 aliphatic carbocycles. The lowest BCUT2D eigenvalue weighted by atomic mass is 9.57. The van der Waals surface area contributed by atoms with Gasteiger partial charge in [0, 0.05) is 17.5 Å². The fraction of sp³-hybridized carbons (Fsp3) is 0.625. The van der Waals surface area contributed by atoms with Gasteiger partial charge in [0.15, 0.2) is 0 Å². The molecule has 34 heavy (non-hydrogen) atoms. The molecule has 4 fully saturated rings. The first kappa shape index (κ1) is 24.5. The molecule has 1 heterocycles. The van der Waals surface area contributed by atoms with Crippen molar-refractivity contribution in [3.63, 3.8) is 0 Å². The molecule has 2 atom stereocenters. The van der Waals surface area contributed by atoms with Gasteiger partial charge in [0.25, 0.3) is 0 Å². The Morgan fingerprint density at radius 1 is 1.15 bits per heavy atom. The van der Waals surface area contributed by atoms with Crippen LogP contribution in [0.3, 0.4) is 0 Å². The van der Waals surface area contributed by atoms with E-state index in [9.17, 15) is 27.2 Å². The van der Waals surface area contributed by atoms with Crippen LogP contribution >= 0.6 is 0 Å². The first-order valence-electron chi connectivity index (χ1n) is 11.5. The molecule has 6 nitrogen and oxygen atoms in total. The summed E-state index contributed by atoms with van der Waals surface area (Å²) in [4.78, 5) is 26.7. The van der Waals surface area contributed by atoms with E-state index in [4.69, 9.17) is 10.00 Å². The predicted octanol–water partition coefficient (Wildman–Crippen LogP) is 3.89. The Hall–Kier alpha value is -2.67. The zero-order valence-electron chi connectivity index (χ0n) is 18.7. The summed E-state index contributed by atoms with van der Waals surface area (Å²) in [5.74, 6) is -0.789. The van der Waals surface area contributed by atoms with Crippen molar-refractivity contribution in [2.45, 2.75) is 75.5 Å². The van der Waals surface area contributed by atoms with Crippen molar-refractivity contribution in [2.75, 3.05) is 13.1 Å². The first-order valence-corrected chi connectivity index (χ1v) is 11.5. The summed E-state index contributed by atoms with van der Waals surface area (Å²) >= 11 is 0. The van der Waals surface area contributed by atoms with Crippen LogP contribution in [0.1, 0.15) is 56.1 Å². The van der Waals surface area contributed by atoms with Gasteiger partial charge in [-0.15, -0.1) is 0 Å². The molecule has 1 N–H and O–H groups in total. The van der Waals surface area contributed by atoms with Crippen molar-refractivity contribution < 1.29 is 31.9 Å². The highest BCUT2D eigenvalue weighted by molar-refractivity contribution is 5.80. The van der Waals surface area contributed by atoms with E-state index in [2.05, 4.69) is 5.32 Å². The predicted molar refractivity (Wildman–Crippen MR) is 113 cm³/mol. The summed E-state index contributed by atoms with van der Waals surface area (Å²) in [6.07, 6.45) is -2.24. The molecule has 184 valence electrons. The first-order chi connectivity index (χ1) is 16.1. The minimum absolute atomic E-state index is 0.00340. The molecule has 3 saturated carbocycles. The number of nitrogens with one attached hydrogen (secondary N) is 1. The summed E-state index contributed by atoms with van der Waals surface area (Å²) in [5, 5.41) is 12.4. The van der Waals surface area contributed by atoms with E-state index in [1.54, 1.807) is 0 Å². The highest BCUT2D eigenvalue weighted by Gasteiger charge is 2.53. The molecule has 1 amide bonds. The number of carbonyl (C=O) groups is 2. The summed E-state index contributed by atoms with van der Waals surface area (Å²) in [6, 6.07) is 6.28. The van der Waals surface area contributed by atoms with E-state index in [0.717, 1.165) is 6.07 Å². The van der Waals surface area contributed by atoms with E-state index in [1.165, 1.54) is 23.1 Å². The van der Waals surface area contributed by atoms with Gasteiger partial charge in [-0.05, 0) is 44.6 Å². The second-order valence-electron chi connectivity index (χ2n) is 9.67. The Kier molecular flexibility index (Phi) is 6.60. The molecular weight excluding hydrogens is 454 g/mol. The molecule has 10 heteroatoms. The average Bonchev–Trinajstić information content (AvgIpc) is 3.22. The Labute approximate surface area is 195 Å². The summed E-state index contributed by atoms with van der Waals surface area (Å²) in [5.41, 5.74) is -1.93. The number of likely N-dealkylation sites (tertiary alicyclic amines) is 1. The van der Waals surface area contributed by atoms with Crippen molar-refractivity contribution in [3.05, 3.63) is 35.4 Å². The Morgan fingerprint density at radius 3 is 2.41 bits per heavy atom. The number of amides is 1. The van der Waals surface area contributed by atoms with Crippen LogP contribution in [0, 0.1) is 16.7 Å². The number of ether oxygens (including phenoxy) is 1. The minimum Gasteiger partial charge on any atom is -0.460 e. The third-order valence-electron chi connectivity index (χ3n) is 7.69. The van der Waals surface area contributed by atoms with Crippen molar-refractivity contribution in [3.8, 4) is 6.07 Å². The van der Waals surface area contributed by atoms with Crippen LogP contribution in [0.25, 0.3) is 0 Å². The molecular formula is C24H27F4N3O3. The third kappa shape index (κ3) is 4.76. The Morgan fingerprint density at radius 2 is 1.79 bits per heavy atom. The molecule has 4 aliphatic rings.